The van der Waals surface area contributed by atoms with Gasteiger partial charge in [-0.05, 0) is 24.6 Å². The van der Waals surface area contributed by atoms with Crippen LogP contribution in [-0.2, 0) is 6.61 Å². The highest BCUT2D eigenvalue weighted by Gasteiger charge is 2.13. The number of nitrogens with zero attached hydrogens (tertiary/aromatic N) is 3. The van der Waals surface area contributed by atoms with Gasteiger partial charge in [-0.15, -0.1) is 5.10 Å². The highest BCUT2D eigenvalue weighted by Crippen LogP contribution is 2.25. The fourth-order valence-electron chi connectivity index (χ4n) is 2.82. The van der Waals surface area contributed by atoms with Gasteiger partial charge in [0, 0.05) is 5.56 Å². The largest absolute Gasteiger partial charge is 0.487 e. The van der Waals surface area contributed by atoms with E-state index in [1.807, 2.05) is 84.4 Å². The molecule has 0 aliphatic rings. The predicted octanol–water partition coefficient (Wildman–Crippen LogP) is 4.82. The van der Waals surface area contributed by atoms with Crippen LogP contribution in [0.1, 0.15) is 11.4 Å². The monoisotopic (exact) mass is 341 g/mol. The summed E-state index contributed by atoms with van der Waals surface area (Å²) in [6, 6.07) is 28.0. The minimum absolute atomic E-state index is 0.511. The van der Waals surface area contributed by atoms with Crippen molar-refractivity contribution >= 4 is 0 Å². The van der Waals surface area contributed by atoms with Crippen LogP contribution in [0.4, 0.5) is 0 Å². The van der Waals surface area contributed by atoms with Crippen molar-refractivity contribution in [3.05, 3.63) is 96.3 Å². The lowest BCUT2D eigenvalue weighted by atomic mass is 10.2. The summed E-state index contributed by atoms with van der Waals surface area (Å²) in [6.45, 7) is 2.46. The average molecular weight is 341 g/mol. The molecule has 0 radical (unpaired) electrons. The zero-order valence-corrected chi connectivity index (χ0v) is 14.5. The summed E-state index contributed by atoms with van der Waals surface area (Å²) in [7, 11) is 0. The molecule has 0 saturated heterocycles. The molecule has 0 aliphatic carbocycles. The van der Waals surface area contributed by atoms with Crippen LogP contribution in [0, 0.1) is 6.92 Å². The molecule has 3 aromatic carbocycles. The topological polar surface area (TPSA) is 39.9 Å². The van der Waals surface area contributed by atoms with Crippen LogP contribution in [-0.4, -0.2) is 14.8 Å². The van der Waals surface area contributed by atoms with Gasteiger partial charge >= 0.3 is 0 Å². The first-order valence-corrected chi connectivity index (χ1v) is 8.56. The van der Waals surface area contributed by atoms with Gasteiger partial charge in [0.1, 0.15) is 23.9 Å². The second kappa shape index (κ2) is 7.23. The van der Waals surface area contributed by atoms with E-state index < -0.39 is 0 Å². The molecule has 0 atom stereocenters. The minimum Gasteiger partial charge on any atom is -0.487 e. The summed E-state index contributed by atoms with van der Waals surface area (Å²) in [5.41, 5.74) is 3.01. The lowest BCUT2D eigenvalue weighted by Crippen LogP contribution is -2.04. The molecule has 0 aliphatic heterocycles. The van der Waals surface area contributed by atoms with E-state index in [0.29, 0.717) is 12.4 Å². The summed E-state index contributed by atoms with van der Waals surface area (Å²) in [5.74, 6) is 2.31. The van der Waals surface area contributed by atoms with Gasteiger partial charge in [0.2, 0.25) is 0 Å². The summed E-state index contributed by atoms with van der Waals surface area (Å²) in [5, 5.41) is 4.69. The Labute approximate surface area is 152 Å². The van der Waals surface area contributed by atoms with E-state index in [2.05, 4.69) is 17.1 Å². The maximum atomic E-state index is 6.06. The van der Waals surface area contributed by atoms with Crippen molar-refractivity contribution in [2.24, 2.45) is 0 Å². The number of aryl methyl sites for hydroxylation is 1. The Kier molecular flexibility index (Phi) is 4.48. The molecule has 0 unspecified atom stereocenters. The van der Waals surface area contributed by atoms with Crippen LogP contribution in [0.25, 0.3) is 17.1 Å². The number of hydrogen-bond acceptors (Lipinski definition) is 3. The molecule has 0 spiro atoms. The van der Waals surface area contributed by atoms with Crippen molar-refractivity contribution in [1.82, 2.24) is 14.8 Å². The number of hydrogen-bond donors (Lipinski definition) is 0. The zero-order valence-electron chi connectivity index (χ0n) is 14.5. The quantitative estimate of drug-likeness (QED) is 0.522. The highest BCUT2D eigenvalue weighted by molar-refractivity contribution is 5.55. The van der Waals surface area contributed by atoms with Crippen LogP contribution in [0.3, 0.4) is 0 Å². The number of aromatic nitrogens is 3. The first-order valence-electron chi connectivity index (χ1n) is 8.56. The standard InChI is InChI=1S/C22H19N3O/c1-17-23-22(19-12-6-3-7-13-19)24-25(17)20-14-8-9-15-21(20)26-16-18-10-4-2-5-11-18/h2-15H,16H2,1H3. The van der Waals surface area contributed by atoms with Gasteiger partial charge in [0.25, 0.3) is 0 Å². The number of benzene rings is 3. The van der Waals surface area contributed by atoms with Crippen molar-refractivity contribution in [3.8, 4) is 22.8 Å². The summed E-state index contributed by atoms with van der Waals surface area (Å²) < 4.78 is 7.89. The molecule has 1 heterocycles. The Balaban J connectivity index is 1.65. The molecular formula is C22H19N3O. The lowest BCUT2D eigenvalue weighted by Gasteiger charge is -2.12. The Morgan fingerprint density at radius 3 is 2.23 bits per heavy atom. The zero-order chi connectivity index (χ0) is 17.8. The Morgan fingerprint density at radius 1 is 0.808 bits per heavy atom. The van der Waals surface area contributed by atoms with E-state index >= 15 is 0 Å². The van der Waals surface area contributed by atoms with Gasteiger partial charge in [-0.2, -0.15) is 0 Å². The smallest absolute Gasteiger partial charge is 0.181 e. The van der Waals surface area contributed by atoms with Gasteiger partial charge in [-0.3, -0.25) is 0 Å². The first kappa shape index (κ1) is 16.1. The normalized spacial score (nSPS) is 10.7. The maximum absolute atomic E-state index is 6.06. The number of para-hydroxylation sites is 2. The molecule has 128 valence electrons. The molecule has 0 N–H and O–H groups in total. The molecule has 4 nitrogen and oxygen atoms in total. The van der Waals surface area contributed by atoms with E-state index in [1.165, 1.54) is 0 Å². The van der Waals surface area contributed by atoms with Crippen molar-refractivity contribution in [2.75, 3.05) is 0 Å². The second-order valence-electron chi connectivity index (χ2n) is 6.00. The molecule has 26 heavy (non-hydrogen) atoms. The Hall–Kier alpha value is -3.40. The minimum atomic E-state index is 0.511. The average Bonchev–Trinajstić information content (AvgIpc) is 3.10. The van der Waals surface area contributed by atoms with Gasteiger partial charge in [-0.1, -0.05) is 72.8 Å². The van der Waals surface area contributed by atoms with Crippen molar-refractivity contribution < 1.29 is 4.74 Å². The molecular weight excluding hydrogens is 322 g/mol. The van der Waals surface area contributed by atoms with Crippen LogP contribution in [0.15, 0.2) is 84.9 Å². The van der Waals surface area contributed by atoms with Gasteiger partial charge in [0.05, 0.1) is 0 Å². The first-order chi connectivity index (χ1) is 12.8. The SMILES string of the molecule is Cc1nc(-c2ccccc2)nn1-c1ccccc1OCc1ccccc1. The Morgan fingerprint density at radius 2 is 1.46 bits per heavy atom. The van der Waals surface area contributed by atoms with Gasteiger partial charge in [-0.25, -0.2) is 9.67 Å². The summed E-state index contributed by atoms with van der Waals surface area (Å²) in [4.78, 5) is 4.61. The third-order valence-electron chi connectivity index (χ3n) is 4.13. The van der Waals surface area contributed by atoms with Crippen molar-refractivity contribution in [2.45, 2.75) is 13.5 Å². The van der Waals surface area contributed by atoms with Crippen molar-refractivity contribution in [1.29, 1.82) is 0 Å². The third kappa shape index (κ3) is 3.35. The molecule has 1 aromatic heterocycles. The van der Waals surface area contributed by atoms with Crippen LogP contribution in [0.2, 0.25) is 0 Å². The summed E-state index contributed by atoms with van der Waals surface area (Å²) in [6.07, 6.45) is 0. The third-order valence-corrected chi connectivity index (χ3v) is 4.13. The maximum Gasteiger partial charge on any atom is 0.181 e. The molecule has 0 saturated carbocycles. The molecule has 0 amide bonds. The molecule has 0 bridgehead atoms. The summed E-state index contributed by atoms with van der Waals surface area (Å²) >= 11 is 0. The molecule has 4 aromatic rings. The predicted molar refractivity (Wildman–Crippen MR) is 102 cm³/mol. The van der Waals surface area contributed by atoms with E-state index in [-0.39, 0.29) is 0 Å². The van der Waals surface area contributed by atoms with Gasteiger partial charge in [0.15, 0.2) is 5.82 Å². The Bertz CT molecular complexity index is 994. The molecule has 0 fully saturated rings. The number of ether oxygens (including phenoxy) is 1. The van der Waals surface area contributed by atoms with Crippen LogP contribution in [0.5, 0.6) is 5.75 Å². The molecule has 4 rings (SSSR count). The number of rotatable bonds is 5. The lowest BCUT2D eigenvalue weighted by molar-refractivity contribution is 0.304. The van der Waals surface area contributed by atoms with E-state index in [9.17, 15) is 0 Å². The van der Waals surface area contributed by atoms with E-state index in [1.54, 1.807) is 0 Å². The highest BCUT2D eigenvalue weighted by atomic mass is 16.5. The van der Waals surface area contributed by atoms with Crippen LogP contribution < -0.4 is 4.74 Å². The van der Waals surface area contributed by atoms with Gasteiger partial charge < -0.3 is 4.74 Å². The van der Waals surface area contributed by atoms with Crippen molar-refractivity contribution in [3.63, 3.8) is 0 Å². The van der Waals surface area contributed by atoms with Crippen LogP contribution >= 0.6 is 0 Å². The fraction of sp³-hybridized carbons (Fsp3) is 0.0909. The fourth-order valence-corrected chi connectivity index (χ4v) is 2.82. The van der Waals surface area contributed by atoms with E-state index in [0.717, 1.165) is 28.4 Å². The molecule has 4 heteroatoms. The second-order valence-corrected chi connectivity index (χ2v) is 6.00. The van der Waals surface area contributed by atoms with E-state index in [4.69, 9.17) is 9.84 Å².